The fourth-order valence-corrected chi connectivity index (χ4v) is 8.93. The summed E-state index contributed by atoms with van der Waals surface area (Å²) >= 11 is 0. The number of fused-ring (bicyclic) bond motifs is 2. The number of hydrogen-bond acceptors (Lipinski definition) is 13. The standard InChI is InChI=1S/C51H52F2N10O8/c1-51(2,3)71-49(66)54-19-10-20-60-28-39-37(15-9-16-41(39)58-60)33-13-8-14-35(23-33)70-36-25-43(62(27-36)45-38-26-57-63(46(38)56-31-55-45)42-18-17-34(52)24-40(42)53)47(64)61-22-21-59(29-44(61)48(65)68-4)50(67)69-30-32-11-6-5-7-12-32/h5-9,11-18,23-24,26,28,31,36,43-44H,10,19-22,25,27,29-30H2,1-4H3,(H,54,66)/t36-,43-,44-/m0/s1. The number of alkyl carbamates (subject to hydrolysis) is 1. The Balaban J connectivity index is 0.973. The van der Waals surface area contributed by atoms with E-state index >= 15 is 9.18 Å². The minimum absolute atomic E-state index is 0.0109. The van der Waals surface area contributed by atoms with Gasteiger partial charge in [-0.15, -0.1) is 0 Å². The normalized spacial score (nSPS) is 17.1. The number of piperazine rings is 1. The van der Waals surface area contributed by atoms with Gasteiger partial charge in [-0.2, -0.15) is 10.2 Å². The van der Waals surface area contributed by atoms with Crippen LogP contribution in [-0.4, -0.2) is 127 Å². The van der Waals surface area contributed by atoms with Gasteiger partial charge < -0.3 is 39.0 Å². The molecule has 3 atom stereocenters. The number of ether oxygens (including phenoxy) is 4. The molecule has 5 heterocycles. The number of amides is 3. The van der Waals surface area contributed by atoms with E-state index in [1.807, 2.05) is 104 Å². The summed E-state index contributed by atoms with van der Waals surface area (Å²) in [5.41, 5.74) is 2.93. The lowest BCUT2D eigenvalue weighted by atomic mass is 10.0. The first-order valence-electron chi connectivity index (χ1n) is 23.2. The Morgan fingerprint density at radius 2 is 1.69 bits per heavy atom. The van der Waals surface area contributed by atoms with Crippen molar-refractivity contribution in [2.24, 2.45) is 0 Å². The van der Waals surface area contributed by atoms with Gasteiger partial charge in [-0.3, -0.25) is 9.48 Å². The number of esters is 1. The van der Waals surface area contributed by atoms with Crippen LogP contribution in [0.4, 0.5) is 24.2 Å². The molecule has 2 fully saturated rings. The van der Waals surface area contributed by atoms with Gasteiger partial charge in [0, 0.05) is 50.2 Å². The number of carbonyl (C=O) groups is 4. The minimum Gasteiger partial charge on any atom is -0.488 e. The van der Waals surface area contributed by atoms with Crippen LogP contribution in [-0.2, 0) is 37.0 Å². The number of benzene rings is 4. The van der Waals surface area contributed by atoms with Gasteiger partial charge in [-0.1, -0.05) is 54.6 Å². The van der Waals surface area contributed by atoms with Crippen LogP contribution in [0.2, 0.25) is 0 Å². The molecule has 2 saturated heterocycles. The number of aryl methyl sites for hydroxylation is 1. The maximum Gasteiger partial charge on any atom is 0.410 e. The SMILES string of the molecule is COC(=O)[C@@H]1CN(C(=O)OCc2ccccc2)CCN1C(=O)[C@@H]1C[C@H](Oc2cccc(-c3cccc4nn(CCCNC(=O)OC(C)(C)C)cc34)c2)CN1c1ncnc2c1cnn2-c1ccc(F)cc1F. The van der Waals surface area contributed by atoms with E-state index in [0.717, 1.165) is 39.7 Å². The van der Waals surface area contributed by atoms with Crippen LogP contribution in [0.1, 0.15) is 39.2 Å². The molecule has 368 valence electrons. The molecule has 20 heteroatoms. The molecule has 7 aromatic rings. The van der Waals surface area contributed by atoms with E-state index in [9.17, 15) is 18.8 Å². The average Bonchev–Trinajstić information content (AvgIpc) is 4.11. The zero-order valence-electron chi connectivity index (χ0n) is 39.5. The second kappa shape index (κ2) is 20.4. The molecule has 3 amide bonds. The van der Waals surface area contributed by atoms with Crippen molar-refractivity contribution in [1.29, 1.82) is 0 Å². The summed E-state index contributed by atoms with van der Waals surface area (Å²) in [4.78, 5) is 67.6. The highest BCUT2D eigenvalue weighted by atomic mass is 19.1. The van der Waals surface area contributed by atoms with Crippen LogP contribution in [0.15, 0.2) is 110 Å². The van der Waals surface area contributed by atoms with E-state index in [0.29, 0.717) is 36.5 Å². The molecule has 2 aliphatic heterocycles. The van der Waals surface area contributed by atoms with Crippen molar-refractivity contribution in [3.05, 3.63) is 127 Å². The highest BCUT2D eigenvalue weighted by molar-refractivity contribution is 5.96. The molecule has 4 aromatic carbocycles. The van der Waals surface area contributed by atoms with Gasteiger partial charge in [-0.25, -0.2) is 37.8 Å². The van der Waals surface area contributed by atoms with Crippen molar-refractivity contribution in [2.45, 2.75) is 70.6 Å². The van der Waals surface area contributed by atoms with E-state index in [1.165, 1.54) is 40.2 Å². The third-order valence-corrected chi connectivity index (χ3v) is 12.2. The zero-order valence-corrected chi connectivity index (χ0v) is 39.5. The van der Waals surface area contributed by atoms with Crippen molar-refractivity contribution >= 4 is 51.8 Å². The monoisotopic (exact) mass is 970 g/mol. The molecule has 71 heavy (non-hydrogen) atoms. The van der Waals surface area contributed by atoms with Crippen LogP contribution >= 0.6 is 0 Å². The van der Waals surface area contributed by atoms with Crippen molar-refractivity contribution in [3.8, 4) is 22.6 Å². The molecule has 0 unspecified atom stereocenters. The highest BCUT2D eigenvalue weighted by Gasteiger charge is 2.46. The number of anilines is 1. The molecular formula is C51H52F2N10O8. The van der Waals surface area contributed by atoms with Gasteiger partial charge in [0.1, 0.15) is 59.8 Å². The van der Waals surface area contributed by atoms with Crippen molar-refractivity contribution < 1.29 is 46.9 Å². The summed E-state index contributed by atoms with van der Waals surface area (Å²) in [6.07, 6.45) is 3.76. The Bertz CT molecular complexity index is 3090. The largest absolute Gasteiger partial charge is 0.488 e. The summed E-state index contributed by atoms with van der Waals surface area (Å²) in [6.45, 7) is 6.48. The Hall–Kier alpha value is -8.16. The highest BCUT2D eigenvalue weighted by Crippen LogP contribution is 2.36. The predicted molar refractivity (Wildman–Crippen MR) is 256 cm³/mol. The topological polar surface area (TPSA) is 188 Å². The maximum absolute atomic E-state index is 15.1. The summed E-state index contributed by atoms with van der Waals surface area (Å²) in [7, 11) is 1.22. The first-order chi connectivity index (χ1) is 34.2. The first-order valence-corrected chi connectivity index (χ1v) is 23.2. The van der Waals surface area contributed by atoms with Crippen LogP contribution in [0.25, 0.3) is 38.8 Å². The molecule has 2 aliphatic rings. The number of halogens is 2. The van der Waals surface area contributed by atoms with Gasteiger partial charge in [0.15, 0.2) is 11.5 Å². The van der Waals surface area contributed by atoms with Crippen LogP contribution in [0.5, 0.6) is 5.75 Å². The summed E-state index contributed by atoms with van der Waals surface area (Å²) < 4.78 is 55.0. The summed E-state index contributed by atoms with van der Waals surface area (Å²) in [6, 6.07) is 23.7. The Morgan fingerprint density at radius 1 is 0.873 bits per heavy atom. The summed E-state index contributed by atoms with van der Waals surface area (Å²) in [5, 5.41) is 13.3. The van der Waals surface area contributed by atoms with E-state index in [-0.39, 0.29) is 50.5 Å². The fourth-order valence-electron chi connectivity index (χ4n) is 8.93. The van der Waals surface area contributed by atoms with E-state index < -0.39 is 59.5 Å². The third-order valence-electron chi connectivity index (χ3n) is 12.2. The van der Waals surface area contributed by atoms with Gasteiger partial charge in [0.2, 0.25) is 5.91 Å². The predicted octanol–water partition coefficient (Wildman–Crippen LogP) is 7.07. The van der Waals surface area contributed by atoms with E-state index in [1.54, 1.807) is 4.90 Å². The molecule has 0 bridgehead atoms. The third kappa shape index (κ3) is 10.7. The van der Waals surface area contributed by atoms with Gasteiger partial charge in [0.05, 0.1) is 37.3 Å². The lowest BCUT2D eigenvalue weighted by Crippen LogP contribution is -2.62. The van der Waals surface area contributed by atoms with Crippen LogP contribution in [0, 0.1) is 11.6 Å². The Morgan fingerprint density at radius 3 is 2.48 bits per heavy atom. The Kier molecular flexibility index (Phi) is 13.8. The van der Waals surface area contributed by atoms with E-state index in [2.05, 4.69) is 20.4 Å². The summed E-state index contributed by atoms with van der Waals surface area (Å²) in [5.74, 6) is -1.94. The minimum atomic E-state index is -1.17. The zero-order chi connectivity index (χ0) is 49.8. The number of carbonyl (C=O) groups excluding carboxylic acids is 4. The van der Waals surface area contributed by atoms with E-state index in [4.69, 9.17) is 24.0 Å². The molecule has 1 N–H and O–H groups in total. The van der Waals surface area contributed by atoms with Crippen molar-refractivity contribution in [3.63, 3.8) is 0 Å². The second-order valence-electron chi connectivity index (χ2n) is 18.2. The van der Waals surface area contributed by atoms with Crippen molar-refractivity contribution in [1.82, 2.24) is 44.6 Å². The lowest BCUT2D eigenvalue weighted by molar-refractivity contribution is -0.156. The molecule has 0 saturated carbocycles. The second-order valence-corrected chi connectivity index (χ2v) is 18.2. The van der Waals surface area contributed by atoms with Gasteiger partial charge in [0.25, 0.3) is 0 Å². The number of rotatable bonds is 13. The number of methoxy groups -OCH3 is 1. The molecular weight excluding hydrogens is 919 g/mol. The average molecular weight is 971 g/mol. The quantitative estimate of drug-likeness (QED) is 0.0703. The molecule has 0 aliphatic carbocycles. The fraction of sp³-hybridized carbons (Fsp3) is 0.333. The lowest BCUT2D eigenvalue weighted by Gasteiger charge is -2.41. The number of aromatic nitrogens is 6. The first kappa shape index (κ1) is 47.9. The molecule has 9 rings (SSSR count). The smallest absolute Gasteiger partial charge is 0.410 e. The molecule has 3 aromatic heterocycles. The number of hydrogen-bond donors (Lipinski definition) is 1. The number of nitrogens with one attached hydrogen (secondary N) is 1. The molecule has 0 spiro atoms. The molecule has 18 nitrogen and oxygen atoms in total. The number of nitrogens with zero attached hydrogens (tertiary/aromatic N) is 9. The van der Waals surface area contributed by atoms with Crippen molar-refractivity contribution in [2.75, 3.05) is 44.7 Å². The van der Waals surface area contributed by atoms with Crippen LogP contribution < -0.4 is 15.0 Å². The Labute approximate surface area is 407 Å². The molecule has 0 radical (unpaired) electrons. The maximum atomic E-state index is 15.1. The van der Waals surface area contributed by atoms with Gasteiger partial charge in [-0.05, 0) is 74.2 Å². The van der Waals surface area contributed by atoms with Crippen LogP contribution in [0.3, 0.4) is 0 Å². The van der Waals surface area contributed by atoms with Gasteiger partial charge >= 0.3 is 18.2 Å².